The zero-order valence-corrected chi connectivity index (χ0v) is 21.0. The molecule has 2 aliphatic rings. The molecule has 1 amide bonds. The predicted octanol–water partition coefficient (Wildman–Crippen LogP) is 2.13. The first kappa shape index (κ1) is 24.6. The molecule has 5 rings (SSSR count). The third-order valence-corrected chi connectivity index (χ3v) is 8.67. The molecule has 1 atom stereocenters. The minimum Gasteiger partial charge on any atom is -0.339 e. The molecule has 190 valence electrons. The summed E-state index contributed by atoms with van der Waals surface area (Å²) in [6.45, 7) is 3.41. The van der Waals surface area contributed by atoms with Crippen LogP contribution in [-0.4, -0.2) is 78.1 Å². The molecule has 1 saturated heterocycles. The maximum Gasteiger partial charge on any atom is 0.274 e. The van der Waals surface area contributed by atoms with Crippen molar-refractivity contribution in [1.29, 1.82) is 0 Å². The summed E-state index contributed by atoms with van der Waals surface area (Å²) in [5.41, 5.74) is 5.85. The van der Waals surface area contributed by atoms with Crippen LogP contribution in [0, 0.1) is 5.92 Å². The molecule has 0 bridgehead atoms. The quantitative estimate of drug-likeness (QED) is 0.388. The van der Waals surface area contributed by atoms with Crippen LogP contribution in [0.1, 0.15) is 38.4 Å². The smallest absolute Gasteiger partial charge is 0.274 e. The summed E-state index contributed by atoms with van der Waals surface area (Å²) in [5, 5.41) is 9.80. The maximum atomic E-state index is 13.7. The average Bonchev–Trinajstić information content (AvgIpc) is 3.19. The van der Waals surface area contributed by atoms with E-state index in [1.165, 1.54) is 10.6 Å². The van der Waals surface area contributed by atoms with Gasteiger partial charge in [0.1, 0.15) is 0 Å². The Bertz CT molecular complexity index is 1410. The lowest BCUT2D eigenvalue weighted by atomic mass is 9.84. The molecule has 0 radical (unpaired) electrons. The van der Waals surface area contributed by atoms with Crippen LogP contribution in [0.15, 0.2) is 48.5 Å². The fourth-order valence-corrected chi connectivity index (χ4v) is 6.28. The molecule has 1 aromatic heterocycles. The van der Waals surface area contributed by atoms with Gasteiger partial charge < -0.3 is 4.57 Å². The fourth-order valence-electron chi connectivity index (χ4n) is 5.46. The molecule has 0 saturated carbocycles. The van der Waals surface area contributed by atoms with Crippen LogP contribution in [0.5, 0.6) is 0 Å². The highest BCUT2D eigenvalue weighted by Gasteiger charge is 2.34. The molecule has 9 nitrogen and oxygen atoms in total. The molecular weight excluding hydrogens is 480 g/mol. The van der Waals surface area contributed by atoms with E-state index in [0.717, 1.165) is 40.6 Å². The molecule has 2 aromatic carbocycles. The van der Waals surface area contributed by atoms with Crippen molar-refractivity contribution in [1.82, 2.24) is 19.3 Å². The van der Waals surface area contributed by atoms with Crippen LogP contribution in [0.3, 0.4) is 0 Å². The lowest BCUT2D eigenvalue weighted by Crippen LogP contribution is -2.50. The number of aromatic nitrogens is 1. The van der Waals surface area contributed by atoms with Gasteiger partial charge in [0, 0.05) is 72.9 Å². The molecule has 2 N–H and O–H groups in total. The maximum absolute atomic E-state index is 13.7. The summed E-state index contributed by atoms with van der Waals surface area (Å²) in [4.78, 5) is 27.6. The van der Waals surface area contributed by atoms with Gasteiger partial charge in [-0.05, 0) is 36.6 Å². The fraction of sp³-hybridized carbons (Fsp3) is 0.385. The second-order valence-electron chi connectivity index (χ2n) is 9.63. The number of nitrogens with zero attached hydrogens (tertiary/aromatic N) is 3. The van der Waals surface area contributed by atoms with Crippen molar-refractivity contribution in [2.24, 2.45) is 5.92 Å². The topological polar surface area (TPSA) is 112 Å². The number of piperazine rings is 1. The van der Waals surface area contributed by atoms with Crippen molar-refractivity contribution in [2.75, 3.05) is 39.0 Å². The van der Waals surface area contributed by atoms with Crippen LogP contribution in [0.2, 0.25) is 0 Å². The Labute approximate surface area is 210 Å². The number of hydrogen-bond donors (Lipinski definition) is 2. The molecule has 3 aromatic rings. The Balaban J connectivity index is 1.38. The first-order valence-corrected chi connectivity index (χ1v) is 14.0. The second-order valence-corrected chi connectivity index (χ2v) is 11.6. The largest absolute Gasteiger partial charge is 0.339 e. The van der Waals surface area contributed by atoms with Gasteiger partial charge in [-0.3, -0.25) is 19.7 Å². The SMILES string of the molecule is CS(=O)(=O)N1CCN(CC2CCc3c(c4ccccc4n3Cc3ccc(C(=O)NO)cc3)C2=O)CC1. The molecular formula is C26H30N4O5S. The third kappa shape index (κ3) is 4.69. The molecule has 1 unspecified atom stereocenters. The molecule has 1 aliphatic carbocycles. The number of hydroxylamine groups is 1. The number of amides is 1. The molecule has 0 spiro atoms. The average molecular weight is 511 g/mol. The monoisotopic (exact) mass is 510 g/mol. The van der Waals surface area contributed by atoms with E-state index in [0.29, 0.717) is 44.8 Å². The predicted molar refractivity (Wildman–Crippen MR) is 136 cm³/mol. The van der Waals surface area contributed by atoms with E-state index >= 15 is 0 Å². The number of nitrogens with one attached hydrogen (secondary N) is 1. The number of carbonyl (C=O) groups is 2. The number of para-hydroxylation sites is 1. The number of hydrogen-bond acceptors (Lipinski definition) is 6. The minimum atomic E-state index is -3.18. The first-order valence-electron chi connectivity index (χ1n) is 12.1. The van der Waals surface area contributed by atoms with Crippen molar-refractivity contribution in [2.45, 2.75) is 19.4 Å². The Hall–Kier alpha value is -3.05. The van der Waals surface area contributed by atoms with Gasteiger partial charge in [0.2, 0.25) is 10.0 Å². The molecule has 2 heterocycles. The van der Waals surface area contributed by atoms with Gasteiger partial charge in [-0.25, -0.2) is 13.9 Å². The van der Waals surface area contributed by atoms with E-state index in [2.05, 4.69) is 9.47 Å². The summed E-state index contributed by atoms with van der Waals surface area (Å²) in [7, 11) is -3.18. The van der Waals surface area contributed by atoms with E-state index in [1.54, 1.807) is 17.6 Å². The lowest BCUT2D eigenvalue weighted by Gasteiger charge is -2.35. The van der Waals surface area contributed by atoms with Crippen molar-refractivity contribution >= 4 is 32.6 Å². The Morgan fingerprint density at radius 2 is 1.75 bits per heavy atom. The van der Waals surface area contributed by atoms with Gasteiger partial charge in [-0.2, -0.15) is 4.31 Å². The van der Waals surface area contributed by atoms with E-state index in [9.17, 15) is 18.0 Å². The molecule has 36 heavy (non-hydrogen) atoms. The van der Waals surface area contributed by atoms with Crippen molar-refractivity contribution < 1.29 is 23.2 Å². The van der Waals surface area contributed by atoms with Crippen LogP contribution in [-0.2, 0) is 23.0 Å². The number of fused-ring (bicyclic) bond motifs is 3. The van der Waals surface area contributed by atoms with Crippen molar-refractivity contribution in [3.05, 3.63) is 70.9 Å². The molecule has 1 aliphatic heterocycles. The molecule has 10 heteroatoms. The summed E-state index contributed by atoms with van der Waals surface area (Å²) >= 11 is 0. The minimum absolute atomic E-state index is 0.113. The molecule has 1 fully saturated rings. The van der Waals surface area contributed by atoms with Crippen molar-refractivity contribution in [3.8, 4) is 0 Å². The van der Waals surface area contributed by atoms with Gasteiger partial charge in [-0.1, -0.05) is 30.3 Å². The van der Waals surface area contributed by atoms with Crippen LogP contribution in [0.25, 0.3) is 10.9 Å². The van der Waals surface area contributed by atoms with Gasteiger partial charge >= 0.3 is 0 Å². The Kier molecular flexibility index (Phi) is 6.69. The lowest BCUT2D eigenvalue weighted by molar-refractivity contribution is 0.0706. The zero-order valence-electron chi connectivity index (χ0n) is 20.2. The van der Waals surface area contributed by atoms with E-state index < -0.39 is 15.9 Å². The summed E-state index contributed by atoms with van der Waals surface area (Å²) in [6, 6.07) is 15.0. The number of sulfonamides is 1. The zero-order chi connectivity index (χ0) is 25.4. The standard InChI is InChI=1S/C26H30N4O5S/c1-36(34,35)29-14-12-28(13-15-29)17-20-10-11-23-24(25(20)31)21-4-2-3-5-22(21)30(23)16-18-6-8-19(9-7-18)26(32)27-33/h2-9,20,33H,10-17H2,1H3,(H,27,32). The number of ketones is 1. The van der Waals surface area contributed by atoms with E-state index in [4.69, 9.17) is 5.21 Å². The van der Waals surface area contributed by atoms with Crippen LogP contribution in [0.4, 0.5) is 0 Å². The Morgan fingerprint density at radius 1 is 1.06 bits per heavy atom. The normalized spacial score (nSPS) is 19.4. The van der Waals surface area contributed by atoms with Gasteiger partial charge in [0.25, 0.3) is 5.91 Å². The summed E-state index contributed by atoms with van der Waals surface area (Å²) in [6.07, 6.45) is 2.78. The number of carbonyl (C=O) groups excluding carboxylic acids is 2. The summed E-state index contributed by atoms with van der Waals surface area (Å²) < 4.78 is 27.3. The Morgan fingerprint density at radius 3 is 2.42 bits per heavy atom. The highest BCUT2D eigenvalue weighted by molar-refractivity contribution is 7.88. The number of benzene rings is 2. The van der Waals surface area contributed by atoms with E-state index in [1.807, 2.05) is 36.4 Å². The van der Waals surface area contributed by atoms with Crippen molar-refractivity contribution in [3.63, 3.8) is 0 Å². The van der Waals surface area contributed by atoms with E-state index in [-0.39, 0.29) is 11.7 Å². The highest BCUT2D eigenvalue weighted by atomic mass is 32.2. The summed E-state index contributed by atoms with van der Waals surface area (Å²) in [5.74, 6) is -0.510. The second kappa shape index (κ2) is 9.78. The third-order valence-electron chi connectivity index (χ3n) is 7.36. The van der Waals surface area contributed by atoms with Crippen LogP contribution < -0.4 is 5.48 Å². The van der Waals surface area contributed by atoms with Gasteiger partial charge in [-0.15, -0.1) is 0 Å². The van der Waals surface area contributed by atoms with Crippen LogP contribution >= 0.6 is 0 Å². The first-order chi connectivity index (χ1) is 17.3. The number of Topliss-reactive ketones (excluding diaryl/α,β-unsaturated/α-hetero) is 1. The number of rotatable bonds is 6. The van der Waals surface area contributed by atoms with Gasteiger partial charge in [0.15, 0.2) is 5.78 Å². The van der Waals surface area contributed by atoms with Gasteiger partial charge in [0.05, 0.1) is 6.26 Å². The highest BCUT2D eigenvalue weighted by Crippen LogP contribution is 2.35.